The lowest BCUT2D eigenvalue weighted by molar-refractivity contribution is -0.125. The van der Waals surface area contributed by atoms with Crippen molar-refractivity contribution < 1.29 is 14.7 Å². The highest BCUT2D eigenvalue weighted by atomic mass is 79.9. The van der Waals surface area contributed by atoms with Gasteiger partial charge in [0.2, 0.25) is 5.91 Å². The molecule has 0 spiro atoms. The third-order valence-electron chi connectivity index (χ3n) is 3.52. The zero-order chi connectivity index (χ0) is 14.7. The van der Waals surface area contributed by atoms with Crippen molar-refractivity contribution in [3.05, 3.63) is 28.2 Å². The van der Waals surface area contributed by atoms with Gasteiger partial charge in [0.05, 0.1) is 10.4 Å². The number of nitrogens with zero attached hydrogens (tertiary/aromatic N) is 1. The van der Waals surface area contributed by atoms with E-state index in [0.717, 1.165) is 12.8 Å². The maximum absolute atomic E-state index is 12.4. The summed E-state index contributed by atoms with van der Waals surface area (Å²) in [7, 11) is 1.61. The van der Waals surface area contributed by atoms with Gasteiger partial charge in [-0.1, -0.05) is 0 Å². The van der Waals surface area contributed by atoms with Crippen LogP contribution in [0.1, 0.15) is 23.2 Å². The number of phenolic OH excluding ortho intramolecular Hbond substituents is 1. The number of likely N-dealkylation sites (tertiary alicyclic amines) is 1. The lowest BCUT2D eigenvalue weighted by Gasteiger charge is -2.31. The van der Waals surface area contributed by atoms with Crippen LogP contribution >= 0.6 is 15.9 Å². The van der Waals surface area contributed by atoms with Crippen LogP contribution in [0.25, 0.3) is 0 Å². The molecule has 0 radical (unpaired) electrons. The van der Waals surface area contributed by atoms with Crippen LogP contribution < -0.4 is 5.32 Å². The summed E-state index contributed by atoms with van der Waals surface area (Å²) in [4.78, 5) is 25.7. The SMILES string of the molecule is CNC(=O)C1CCCN(C(=O)c2ccc(Br)c(O)c2)C1. The first-order valence-electron chi connectivity index (χ1n) is 6.52. The van der Waals surface area contributed by atoms with Crippen molar-refractivity contribution >= 4 is 27.7 Å². The summed E-state index contributed by atoms with van der Waals surface area (Å²) in [5.41, 5.74) is 0.434. The van der Waals surface area contributed by atoms with Crippen LogP contribution in [0.4, 0.5) is 0 Å². The number of carbonyl (C=O) groups is 2. The molecule has 0 aliphatic carbocycles. The lowest BCUT2D eigenvalue weighted by Crippen LogP contribution is -2.44. The minimum atomic E-state index is -0.151. The van der Waals surface area contributed by atoms with E-state index in [-0.39, 0.29) is 23.5 Å². The summed E-state index contributed by atoms with van der Waals surface area (Å²) in [5.74, 6) is -0.292. The number of halogens is 1. The minimum absolute atomic E-state index is 0.0267. The molecule has 20 heavy (non-hydrogen) atoms. The van der Waals surface area contributed by atoms with E-state index in [9.17, 15) is 14.7 Å². The van der Waals surface area contributed by atoms with Crippen LogP contribution in [0.3, 0.4) is 0 Å². The fourth-order valence-corrected chi connectivity index (χ4v) is 2.65. The maximum atomic E-state index is 12.4. The first-order valence-corrected chi connectivity index (χ1v) is 7.31. The van der Waals surface area contributed by atoms with Gasteiger partial charge < -0.3 is 15.3 Å². The zero-order valence-electron chi connectivity index (χ0n) is 11.2. The standard InChI is InChI=1S/C14H17BrN2O3/c1-16-13(19)10-3-2-6-17(8-10)14(20)9-4-5-11(15)12(18)7-9/h4-5,7,10,18H,2-3,6,8H2,1H3,(H,16,19). The van der Waals surface area contributed by atoms with Crippen molar-refractivity contribution in [2.75, 3.05) is 20.1 Å². The molecule has 2 rings (SSSR count). The Bertz CT molecular complexity index is 533. The Hall–Kier alpha value is -1.56. The fraction of sp³-hybridized carbons (Fsp3) is 0.429. The monoisotopic (exact) mass is 340 g/mol. The van der Waals surface area contributed by atoms with Crippen molar-refractivity contribution in [2.24, 2.45) is 5.92 Å². The molecule has 1 heterocycles. The molecule has 0 aromatic heterocycles. The molecule has 1 aliphatic rings. The number of piperidine rings is 1. The number of carbonyl (C=O) groups excluding carboxylic acids is 2. The quantitative estimate of drug-likeness (QED) is 0.861. The molecule has 2 amide bonds. The molecule has 1 aromatic carbocycles. The number of amides is 2. The smallest absolute Gasteiger partial charge is 0.254 e. The Labute approximate surface area is 126 Å². The van der Waals surface area contributed by atoms with Gasteiger partial charge in [-0.25, -0.2) is 0 Å². The molecular weight excluding hydrogens is 324 g/mol. The van der Waals surface area contributed by atoms with Gasteiger partial charge in [0.15, 0.2) is 0 Å². The summed E-state index contributed by atoms with van der Waals surface area (Å²) in [6.45, 7) is 1.07. The second-order valence-corrected chi connectivity index (χ2v) is 5.73. The van der Waals surface area contributed by atoms with Gasteiger partial charge in [-0.2, -0.15) is 0 Å². The van der Waals surface area contributed by atoms with Crippen molar-refractivity contribution in [3.63, 3.8) is 0 Å². The van der Waals surface area contributed by atoms with Crippen molar-refractivity contribution in [1.82, 2.24) is 10.2 Å². The Morgan fingerprint density at radius 1 is 1.45 bits per heavy atom. The molecule has 1 unspecified atom stereocenters. The van der Waals surface area contributed by atoms with E-state index in [1.54, 1.807) is 24.1 Å². The highest BCUT2D eigenvalue weighted by Crippen LogP contribution is 2.26. The van der Waals surface area contributed by atoms with Crippen LogP contribution in [-0.4, -0.2) is 42.0 Å². The van der Waals surface area contributed by atoms with Crippen molar-refractivity contribution in [1.29, 1.82) is 0 Å². The molecule has 6 heteroatoms. The third kappa shape index (κ3) is 3.12. The van der Waals surface area contributed by atoms with Crippen molar-refractivity contribution in [3.8, 4) is 5.75 Å². The number of hydrogen-bond donors (Lipinski definition) is 2. The largest absolute Gasteiger partial charge is 0.507 e. The maximum Gasteiger partial charge on any atom is 0.254 e. The summed E-state index contributed by atoms with van der Waals surface area (Å²) in [6, 6.07) is 4.74. The van der Waals surface area contributed by atoms with Crippen LogP contribution in [-0.2, 0) is 4.79 Å². The molecule has 1 atom stereocenters. The molecule has 1 saturated heterocycles. The number of hydrogen-bond acceptors (Lipinski definition) is 3. The topological polar surface area (TPSA) is 69.6 Å². The van der Waals surface area contributed by atoms with E-state index in [2.05, 4.69) is 21.2 Å². The van der Waals surface area contributed by atoms with E-state index in [1.807, 2.05) is 0 Å². The third-order valence-corrected chi connectivity index (χ3v) is 4.19. The highest BCUT2D eigenvalue weighted by molar-refractivity contribution is 9.10. The molecule has 108 valence electrons. The van der Waals surface area contributed by atoms with Crippen LogP contribution in [0.5, 0.6) is 5.75 Å². The molecule has 5 nitrogen and oxygen atoms in total. The second-order valence-electron chi connectivity index (χ2n) is 4.87. The van der Waals surface area contributed by atoms with Gasteiger partial charge in [-0.05, 0) is 47.0 Å². The number of rotatable bonds is 2. The second kappa shape index (κ2) is 6.26. The van der Waals surface area contributed by atoms with Gasteiger partial charge in [0.1, 0.15) is 5.75 Å². The van der Waals surface area contributed by atoms with Crippen LogP contribution in [0, 0.1) is 5.92 Å². The van der Waals surface area contributed by atoms with Gasteiger partial charge in [0.25, 0.3) is 5.91 Å². The number of nitrogens with one attached hydrogen (secondary N) is 1. The minimum Gasteiger partial charge on any atom is -0.507 e. The molecule has 1 aromatic rings. The summed E-state index contributed by atoms with van der Waals surface area (Å²) in [5, 5.41) is 12.3. The Morgan fingerprint density at radius 3 is 2.85 bits per heavy atom. The first-order chi connectivity index (χ1) is 9.52. The predicted molar refractivity (Wildman–Crippen MR) is 78.5 cm³/mol. The summed E-state index contributed by atoms with van der Waals surface area (Å²) in [6.07, 6.45) is 1.61. The van der Waals surface area contributed by atoms with Crippen LogP contribution in [0.2, 0.25) is 0 Å². The normalized spacial score (nSPS) is 18.7. The van der Waals surface area contributed by atoms with E-state index in [0.29, 0.717) is 23.1 Å². The molecule has 2 N–H and O–H groups in total. The van der Waals surface area contributed by atoms with Gasteiger partial charge in [-0.3, -0.25) is 9.59 Å². The summed E-state index contributed by atoms with van der Waals surface area (Å²) < 4.78 is 0.552. The molecule has 0 bridgehead atoms. The molecule has 0 saturated carbocycles. The predicted octanol–water partition coefficient (Wildman–Crippen LogP) is 1.75. The van der Waals surface area contributed by atoms with Gasteiger partial charge in [0, 0.05) is 25.7 Å². The Kier molecular flexibility index (Phi) is 4.65. The molecule has 1 aliphatic heterocycles. The van der Waals surface area contributed by atoms with E-state index >= 15 is 0 Å². The van der Waals surface area contributed by atoms with Crippen LogP contribution in [0.15, 0.2) is 22.7 Å². The number of phenols is 1. The van der Waals surface area contributed by atoms with E-state index < -0.39 is 0 Å². The van der Waals surface area contributed by atoms with Gasteiger partial charge in [-0.15, -0.1) is 0 Å². The average Bonchev–Trinajstić information content (AvgIpc) is 2.48. The number of aromatic hydroxyl groups is 1. The van der Waals surface area contributed by atoms with Gasteiger partial charge >= 0.3 is 0 Å². The van der Waals surface area contributed by atoms with E-state index in [4.69, 9.17) is 0 Å². The summed E-state index contributed by atoms with van der Waals surface area (Å²) >= 11 is 3.18. The van der Waals surface area contributed by atoms with Crippen molar-refractivity contribution in [2.45, 2.75) is 12.8 Å². The molecule has 1 fully saturated rings. The first kappa shape index (κ1) is 14.8. The Balaban J connectivity index is 2.12. The average molecular weight is 341 g/mol. The lowest BCUT2D eigenvalue weighted by atomic mass is 9.96. The van der Waals surface area contributed by atoms with E-state index in [1.165, 1.54) is 6.07 Å². The fourth-order valence-electron chi connectivity index (χ4n) is 2.41. The molecular formula is C14H17BrN2O3. The Morgan fingerprint density at radius 2 is 2.20 bits per heavy atom. The zero-order valence-corrected chi connectivity index (χ0v) is 12.8. The highest BCUT2D eigenvalue weighted by Gasteiger charge is 2.28. The number of benzene rings is 1.